The Bertz CT molecular complexity index is 491. The topological polar surface area (TPSA) is 102 Å². The van der Waals surface area contributed by atoms with Gasteiger partial charge < -0.3 is 0 Å². The average Bonchev–Trinajstić information content (AvgIpc) is 3.18. The van der Waals surface area contributed by atoms with Crippen molar-refractivity contribution in [3.63, 3.8) is 0 Å². The minimum absolute atomic E-state index is 0.0314. The van der Waals surface area contributed by atoms with Gasteiger partial charge in [0.25, 0.3) is 0 Å². The number of hydrogen-bond donors (Lipinski definition) is 3. The molecule has 1 atom stereocenters. The smallest absolute Gasteiger partial charge is 0.238 e. The molecule has 2 rings (SSSR count). The third-order valence-corrected chi connectivity index (χ3v) is 6.64. The Hall–Kier alpha value is -0.787. The summed E-state index contributed by atoms with van der Waals surface area (Å²) in [6.45, 7) is 3.09. The van der Waals surface area contributed by atoms with Gasteiger partial charge in [0.05, 0.1) is 0 Å². The number of rotatable bonds is 8. The van der Waals surface area contributed by atoms with Crippen molar-refractivity contribution >= 4 is 17.7 Å². The zero-order valence-electron chi connectivity index (χ0n) is 15.1. The number of carbonyl (C=O) groups is 3. The first kappa shape index (κ1) is 21.5. The van der Waals surface area contributed by atoms with Crippen LogP contribution in [-0.4, -0.2) is 69.7 Å². The number of hydroxylamine groups is 1. The molecule has 0 radical (unpaired) electrons. The molecule has 0 aromatic heterocycles. The normalized spacial score (nSPS) is 20.0. The molecule has 8 nitrogen and oxygen atoms in total. The number of nitrogens with one attached hydrogen (secondary N) is 2. The Morgan fingerprint density at radius 3 is 2.35 bits per heavy atom. The maximum absolute atomic E-state index is 12.5. The standard InChI is InChI=1S/C17H29AtN4O4/c18-12-21-5-7-22(8-6-21)16(24)11-19-17(25)14(10-15(23)20-26)9-13-3-1-2-4-13/h13-14,26H,1-12H2,(H,19,25)(H,20,23). The quantitative estimate of drug-likeness (QED) is 0.282. The van der Waals surface area contributed by atoms with Crippen molar-refractivity contribution < 1.29 is 44.3 Å². The second kappa shape index (κ2) is 11.1. The average molecular weight is 563 g/mol. The van der Waals surface area contributed by atoms with E-state index in [9.17, 15) is 14.4 Å². The van der Waals surface area contributed by atoms with Crippen LogP contribution in [0.5, 0.6) is 0 Å². The number of hydrogen-bond acceptors (Lipinski definition) is 5. The van der Waals surface area contributed by atoms with Gasteiger partial charge in [0.15, 0.2) is 0 Å². The SMILES string of the molecule is O=C(CC(CC1CCCC1)C(=O)NCC(=O)N1CCN(C[At])CC1)NO. The first-order valence-electron chi connectivity index (χ1n) is 9.30. The fraction of sp³-hybridized carbons (Fsp3) is 0.824. The summed E-state index contributed by atoms with van der Waals surface area (Å²) in [7, 11) is 0. The number of carbonyl (C=O) groups excluding carboxylic acids is 3. The van der Waals surface area contributed by atoms with Crippen LogP contribution >= 0.6 is 0 Å². The molecule has 3 N–H and O–H groups in total. The van der Waals surface area contributed by atoms with Gasteiger partial charge >= 0.3 is 129 Å². The van der Waals surface area contributed by atoms with E-state index in [-0.39, 0.29) is 24.8 Å². The van der Waals surface area contributed by atoms with Gasteiger partial charge in [0, 0.05) is 0 Å². The molecular formula is C17H29AtN4O4. The molecule has 2 aliphatic rings. The van der Waals surface area contributed by atoms with Gasteiger partial charge in [0.1, 0.15) is 0 Å². The Morgan fingerprint density at radius 1 is 1.12 bits per heavy atom. The zero-order valence-corrected chi connectivity index (χ0v) is 18.0. The molecule has 2 fully saturated rings. The molecule has 1 unspecified atom stereocenters. The maximum atomic E-state index is 12.5. The summed E-state index contributed by atoms with van der Waals surface area (Å²) < 4.78 is 1.04. The van der Waals surface area contributed by atoms with Crippen LogP contribution in [0.15, 0.2) is 0 Å². The minimum Gasteiger partial charge on any atom is -0.289 e. The number of nitrogens with zero attached hydrogens (tertiary/aromatic N) is 2. The Labute approximate surface area is 169 Å². The van der Waals surface area contributed by atoms with Gasteiger partial charge in [-0.2, -0.15) is 0 Å². The summed E-state index contributed by atoms with van der Waals surface area (Å²) in [5, 5.41) is 11.5. The molecule has 0 aromatic rings. The van der Waals surface area contributed by atoms with Crippen molar-refractivity contribution in [1.82, 2.24) is 20.6 Å². The van der Waals surface area contributed by atoms with E-state index >= 15 is 0 Å². The van der Waals surface area contributed by atoms with Crippen molar-refractivity contribution in [2.75, 3.05) is 37.0 Å². The first-order valence-corrected chi connectivity index (χ1v) is 11.4. The van der Waals surface area contributed by atoms with E-state index in [1.165, 1.54) is 0 Å². The van der Waals surface area contributed by atoms with Crippen molar-refractivity contribution in [2.24, 2.45) is 11.8 Å². The van der Waals surface area contributed by atoms with Crippen LogP contribution in [0.25, 0.3) is 0 Å². The molecular weight excluding hydrogens is 534 g/mol. The Kier molecular flexibility index (Phi) is 9.22. The molecule has 0 bridgehead atoms. The molecule has 1 heterocycles. The fourth-order valence-electron chi connectivity index (χ4n) is 3.74. The molecule has 1 aliphatic heterocycles. The van der Waals surface area contributed by atoms with E-state index in [0.717, 1.165) is 43.0 Å². The van der Waals surface area contributed by atoms with Crippen molar-refractivity contribution in [3.8, 4) is 0 Å². The summed E-state index contributed by atoms with van der Waals surface area (Å²) in [5.74, 6) is -0.978. The van der Waals surface area contributed by atoms with Crippen LogP contribution in [0.2, 0.25) is 0 Å². The maximum Gasteiger partial charge on any atom is -0.238 e. The summed E-state index contributed by atoms with van der Waals surface area (Å²) in [4.78, 5) is 40.5. The van der Waals surface area contributed by atoms with Gasteiger partial charge in [0.2, 0.25) is 0 Å². The van der Waals surface area contributed by atoms with E-state index < -0.39 is 11.8 Å². The second-order valence-electron chi connectivity index (χ2n) is 7.16. The molecule has 3 amide bonds. The summed E-state index contributed by atoms with van der Waals surface area (Å²) in [6, 6.07) is 0. The zero-order chi connectivity index (χ0) is 18.9. The minimum atomic E-state index is -0.563. The van der Waals surface area contributed by atoms with Gasteiger partial charge in [-0.1, -0.05) is 25.7 Å². The predicted octanol–water partition coefficient (Wildman–Crippen LogP) is -0.154. The van der Waals surface area contributed by atoms with Crippen molar-refractivity contribution in [1.29, 1.82) is 0 Å². The van der Waals surface area contributed by atoms with Crippen molar-refractivity contribution in [3.05, 3.63) is 0 Å². The van der Waals surface area contributed by atoms with Gasteiger partial charge in [-0.3, -0.25) is 10.0 Å². The summed E-state index contributed by atoms with van der Waals surface area (Å²) >= 11 is 1.71. The molecule has 1 aliphatic carbocycles. The van der Waals surface area contributed by atoms with Gasteiger partial charge in [-0.25, -0.2) is 5.48 Å². The van der Waals surface area contributed by atoms with E-state index in [1.54, 1.807) is 35.1 Å². The largest absolute Gasteiger partial charge is 0.289 e. The monoisotopic (exact) mass is 563 g/mol. The molecule has 0 spiro atoms. The third kappa shape index (κ3) is 6.74. The van der Waals surface area contributed by atoms with Gasteiger partial charge in [-0.15, -0.1) is 0 Å². The number of amides is 3. The van der Waals surface area contributed by atoms with Crippen LogP contribution in [0.4, 0.5) is 0 Å². The van der Waals surface area contributed by atoms with E-state index in [4.69, 9.17) is 5.21 Å². The number of piperazine rings is 1. The fourth-order valence-corrected chi connectivity index (χ4v) is 4.67. The van der Waals surface area contributed by atoms with E-state index in [0.29, 0.717) is 25.4 Å². The Balaban J connectivity index is 1.81. The Morgan fingerprint density at radius 2 is 1.77 bits per heavy atom. The predicted molar refractivity (Wildman–Crippen MR) is 90.6 cm³/mol. The van der Waals surface area contributed by atoms with Crippen molar-refractivity contribution in [2.45, 2.75) is 38.5 Å². The van der Waals surface area contributed by atoms with Crippen LogP contribution in [-0.2, 0) is 14.4 Å². The van der Waals surface area contributed by atoms with E-state index in [2.05, 4.69) is 10.2 Å². The molecule has 148 valence electrons. The molecule has 26 heavy (non-hydrogen) atoms. The molecule has 1 saturated heterocycles. The first-order chi connectivity index (χ1) is 12.5. The molecule has 0 aromatic carbocycles. The van der Waals surface area contributed by atoms with Gasteiger partial charge in [-0.05, 0) is 0 Å². The molecule has 1 saturated carbocycles. The van der Waals surface area contributed by atoms with Crippen LogP contribution in [0, 0.1) is 36.6 Å². The second-order valence-corrected chi connectivity index (χ2v) is 8.09. The van der Waals surface area contributed by atoms with E-state index in [1.807, 2.05) is 0 Å². The van der Waals surface area contributed by atoms with Crippen LogP contribution < -0.4 is 10.8 Å². The summed E-state index contributed by atoms with van der Waals surface area (Å²) in [5.41, 5.74) is 1.60. The molecule has 9 heteroatoms. The van der Waals surface area contributed by atoms with Crippen LogP contribution in [0.1, 0.15) is 38.5 Å². The third-order valence-electron chi connectivity index (χ3n) is 5.33. The van der Waals surface area contributed by atoms with Crippen LogP contribution in [0.3, 0.4) is 0 Å². The summed E-state index contributed by atoms with van der Waals surface area (Å²) in [6.07, 6.45) is 5.05.